The number of carbonyl (C=O) groups is 2. The normalized spacial score (nSPS) is 10.2. The van der Waals surface area contributed by atoms with E-state index in [1.54, 1.807) is 25.4 Å². The third-order valence-electron chi connectivity index (χ3n) is 4.43. The molecule has 3 aromatic rings. The van der Waals surface area contributed by atoms with E-state index in [0.717, 1.165) is 22.6 Å². The van der Waals surface area contributed by atoms with Crippen molar-refractivity contribution in [2.75, 3.05) is 12.4 Å². The van der Waals surface area contributed by atoms with Gasteiger partial charge in [-0.05, 0) is 47.9 Å². The minimum Gasteiger partial charge on any atom is -0.496 e. The Kier molecular flexibility index (Phi) is 6.95. The molecule has 6 heteroatoms. The number of nitrogens with zero attached hydrogens (tertiary/aromatic N) is 1. The lowest BCUT2D eigenvalue weighted by Crippen LogP contribution is -2.22. The van der Waals surface area contributed by atoms with E-state index in [9.17, 15) is 9.59 Å². The zero-order chi connectivity index (χ0) is 20.5. The van der Waals surface area contributed by atoms with Crippen molar-refractivity contribution in [1.82, 2.24) is 10.3 Å². The van der Waals surface area contributed by atoms with Crippen molar-refractivity contribution in [1.29, 1.82) is 0 Å². The fraction of sp³-hybridized carbons (Fsp3) is 0.174. The van der Waals surface area contributed by atoms with Crippen molar-refractivity contribution in [3.8, 4) is 5.75 Å². The molecular formula is C23H23N3O3. The molecule has 2 aromatic carbocycles. The van der Waals surface area contributed by atoms with Crippen LogP contribution in [0.1, 0.15) is 27.9 Å². The fourth-order valence-electron chi connectivity index (χ4n) is 2.87. The zero-order valence-corrected chi connectivity index (χ0v) is 16.2. The number of hydrogen-bond donors (Lipinski definition) is 2. The molecule has 1 aromatic heterocycles. The Morgan fingerprint density at radius 3 is 2.52 bits per heavy atom. The molecule has 1 heterocycles. The number of ether oxygens (including phenoxy) is 1. The number of para-hydroxylation sites is 1. The van der Waals surface area contributed by atoms with Gasteiger partial charge in [-0.15, -0.1) is 0 Å². The molecule has 2 N–H and O–H groups in total. The quantitative estimate of drug-likeness (QED) is 0.617. The minimum atomic E-state index is -0.174. The summed E-state index contributed by atoms with van der Waals surface area (Å²) in [5.74, 6) is 0.554. The van der Waals surface area contributed by atoms with E-state index >= 15 is 0 Å². The van der Waals surface area contributed by atoms with Gasteiger partial charge in [-0.25, -0.2) is 0 Å². The van der Waals surface area contributed by atoms with Gasteiger partial charge in [0, 0.05) is 31.0 Å². The highest BCUT2D eigenvalue weighted by Gasteiger charge is 2.08. The maximum atomic E-state index is 12.2. The summed E-state index contributed by atoms with van der Waals surface area (Å²) in [6.07, 6.45) is 4.12. The van der Waals surface area contributed by atoms with Crippen molar-refractivity contribution < 1.29 is 14.3 Å². The van der Waals surface area contributed by atoms with Crippen molar-refractivity contribution in [3.63, 3.8) is 0 Å². The molecule has 0 aliphatic rings. The summed E-state index contributed by atoms with van der Waals surface area (Å²) < 4.78 is 5.31. The number of aromatic nitrogens is 1. The Bertz CT molecular complexity index is 957. The van der Waals surface area contributed by atoms with E-state index in [1.165, 1.54) is 6.20 Å². The van der Waals surface area contributed by atoms with Crippen LogP contribution < -0.4 is 15.4 Å². The van der Waals surface area contributed by atoms with Gasteiger partial charge in [0.2, 0.25) is 5.91 Å². The third kappa shape index (κ3) is 5.90. The summed E-state index contributed by atoms with van der Waals surface area (Å²) in [5, 5.41) is 5.74. The van der Waals surface area contributed by atoms with Gasteiger partial charge in [-0.3, -0.25) is 14.6 Å². The number of nitrogens with one attached hydrogen (secondary N) is 2. The largest absolute Gasteiger partial charge is 0.496 e. The second kappa shape index (κ2) is 10.0. The Balaban J connectivity index is 1.47. The number of hydrogen-bond acceptors (Lipinski definition) is 4. The molecule has 0 aliphatic heterocycles. The standard InChI is InChI=1S/C23H23N3O3/c1-29-21-7-3-2-5-18(21)10-13-22(27)26-20-11-8-17(9-12-20)15-25-23(28)19-6-4-14-24-16-19/h2-9,11-12,14,16H,10,13,15H2,1H3,(H,25,28)(H,26,27). The van der Waals surface area contributed by atoms with Gasteiger partial charge in [0.05, 0.1) is 12.7 Å². The maximum absolute atomic E-state index is 12.2. The highest BCUT2D eigenvalue weighted by molar-refractivity contribution is 5.93. The van der Waals surface area contributed by atoms with Gasteiger partial charge in [-0.1, -0.05) is 30.3 Å². The predicted octanol–water partition coefficient (Wildman–Crippen LogP) is 3.59. The summed E-state index contributed by atoms with van der Waals surface area (Å²) in [5.41, 5.74) is 3.18. The molecule has 29 heavy (non-hydrogen) atoms. The van der Waals surface area contributed by atoms with Crippen molar-refractivity contribution >= 4 is 17.5 Å². The number of pyridine rings is 1. The van der Waals surface area contributed by atoms with Crippen LogP contribution in [-0.4, -0.2) is 23.9 Å². The smallest absolute Gasteiger partial charge is 0.253 e. The molecule has 148 valence electrons. The van der Waals surface area contributed by atoms with Gasteiger partial charge in [0.1, 0.15) is 5.75 Å². The zero-order valence-electron chi connectivity index (χ0n) is 16.2. The van der Waals surface area contributed by atoms with E-state index in [-0.39, 0.29) is 11.8 Å². The first-order chi connectivity index (χ1) is 14.2. The number of aryl methyl sites for hydroxylation is 1. The average Bonchev–Trinajstić information content (AvgIpc) is 2.77. The van der Waals surface area contributed by atoms with Crippen LogP contribution >= 0.6 is 0 Å². The van der Waals surface area contributed by atoms with Crippen LogP contribution in [-0.2, 0) is 17.8 Å². The Hall–Kier alpha value is -3.67. The van der Waals surface area contributed by atoms with Crippen molar-refractivity contribution in [2.45, 2.75) is 19.4 Å². The minimum absolute atomic E-state index is 0.0615. The molecule has 0 fully saturated rings. The summed E-state index contributed by atoms with van der Waals surface area (Å²) in [6, 6.07) is 18.5. The summed E-state index contributed by atoms with van der Waals surface area (Å²) in [6.45, 7) is 0.399. The Morgan fingerprint density at radius 2 is 1.79 bits per heavy atom. The lowest BCUT2D eigenvalue weighted by atomic mass is 10.1. The molecule has 0 saturated carbocycles. The lowest BCUT2D eigenvalue weighted by Gasteiger charge is -2.09. The Morgan fingerprint density at radius 1 is 1.00 bits per heavy atom. The molecule has 0 saturated heterocycles. The number of carbonyl (C=O) groups excluding carboxylic acids is 2. The highest BCUT2D eigenvalue weighted by atomic mass is 16.5. The number of benzene rings is 2. The van der Waals surface area contributed by atoms with E-state index < -0.39 is 0 Å². The van der Waals surface area contributed by atoms with E-state index in [4.69, 9.17) is 4.74 Å². The predicted molar refractivity (Wildman–Crippen MR) is 112 cm³/mol. The Labute approximate surface area is 169 Å². The monoisotopic (exact) mass is 389 g/mol. The first kappa shape index (κ1) is 20.1. The van der Waals surface area contributed by atoms with Crippen LogP contribution in [0.3, 0.4) is 0 Å². The number of amides is 2. The molecule has 0 radical (unpaired) electrons. The molecule has 0 aliphatic carbocycles. The van der Waals surface area contributed by atoms with Gasteiger partial charge < -0.3 is 15.4 Å². The van der Waals surface area contributed by atoms with Gasteiger partial charge >= 0.3 is 0 Å². The first-order valence-electron chi connectivity index (χ1n) is 9.34. The van der Waals surface area contributed by atoms with Gasteiger partial charge in [0.15, 0.2) is 0 Å². The fourth-order valence-corrected chi connectivity index (χ4v) is 2.87. The molecular weight excluding hydrogens is 366 g/mol. The second-order valence-electron chi connectivity index (χ2n) is 6.48. The van der Waals surface area contributed by atoms with Crippen molar-refractivity contribution in [2.24, 2.45) is 0 Å². The van der Waals surface area contributed by atoms with Crippen LogP contribution in [0.25, 0.3) is 0 Å². The molecule has 0 atom stereocenters. The van der Waals surface area contributed by atoms with Gasteiger partial charge in [-0.2, -0.15) is 0 Å². The number of anilines is 1. The first-order valence-corrected chi connectivity index (χ1v) is 9.34. The van der Waals surface area contributed by atoms with Crippen LogP contribution in [0.2, 0.25) is 0 Å². The summed E-state index contributed by atoms with van der Waals surface area (Å²) >= 11 is 0. The molecule has 0 bridgehead atoms. The van der Waals surface area contributed by atoms with Gasteiger partial charge in [0.25, 0.3) is 5.91 Å². The number of rotatable bonds is 8. The maximum Gasteiger partial charge on any atom is 0.253 e. The summed E-state index contributed by atoms with van der Waals surface area (Å²) in [4.78, 5) is 28.2. The van der Waals surface area contributed by atoms with Crippen LogP contribution in [0.4, 0.5) is 5.69 Å². The summed E-state index contributed by atoms with van der Waals surface area (Å²) in [7, 11) is 1.62. The molecule has 0 unspecified atom stereocenters. The van der Waals surface area contributed by atoms with E-state index in [0.29, 0.717) is 24.9 Å². The average molecular weight is 389 g/mol. The molecule has 2 amide bonds. The molecule has 0 spiro atoms. The lowest BCUT2D eigenvalue weighted by molar-refractivity contribution is -0.116. The van der Waals surface area contributed by atoms with Crippen molar-refractivity contribution in [3.05, 3.63) is 89.7 Å². The number of methoxy groups -OCH3 is 1. The SMILES string of the molecule is COc1ccccc1CCC(=O)Nc1ccc(CNC(=O)c2cccnc2)cc1. The molecule has 6 nitrogen and oxygen atoms in total. The van der Waals surface area contributed by atoms with Crippen LogP contribution in [0.15, 0.2) is 73.1 Å². The van der Waals surface area contributed by atoms with E-state index in [2.05, 4.69) is 15.6 Å². The highest BCUT2D eigenvalue weighted by Crippen LogP contribution is 2.19. The van der Waals surface area contributed by atoms with Crippen LogP contribution in [0, 0.1) is 0 Å². The van der Waals surface area contributed by atoms with E-state index in [1.807, 2.05) is 48.5 Å². The third-order valence-corrected chi connectivity index (χ3v) is 4.43. The van der Waals surface area contributed by atoms with Crippen LogP contribution in [0.5, 0.6) is 5.75 Å². The topological polar surface area (TPSA) is 80.3 Å². The molecule has 3 rings (SSSR count). The second-order valence-corrected chi connectivity index (χ2v) is 6.48.